The summed E-state index contributed by atoms with van der Waals surface area (Å²) in [5, 5.41) is 3.38. The standard InChI is InChI=1S/C31H38ClN3O4S/c1-5-33-31(37)29(21-25-12-7-6-8-13-25)34(22-26-14-9-10-15-27(26)32)30(36)16-11-19-35(40(4,38)39)28-20-23(2)17-18-24(28)3/h6-10,12-15,17-18,20,29H,5,11,16,19,21-22H2,1-4H3,(H,33,37)/t29-/m0/s1. The first-order valence-electron chi connectivity index (χ1n) is 13.4. The highest BCUT2D eigenvalue weighted by Crippen LogP contribution is 2.25. The SMILES string of the molecule is CCNC(=O)[C@H](Cc1ccccc1)N(Cc1ccccc1Cl)C(=O)CCCN(c1cc(C)ccc1C)S(C)(=O)=O. The van der Waals surface area contributed by atoms with Gasteiger partial charge in [0.1, 0.15) is 6.04 Å². The molecule has 0 aromatic heterocycles. The summed E-state index contributed by atoms with van der Waals surface area (Å²) in [5.74, 6) is -0.499. The number of likely N-dealkylation sites (N-methyl/N-ethyl adjacent to an activating group) is 1. The minimum absolute atomic E-state index is 0.0615. The summed E-state index contributed by atoms with van der Waals surface area (Å²) in [6.07, 6.45) is 1.85. The Hall–Kier alpha value is -3.36. The first-order chi connectivity index (χ1) is 19.0. The number of carbonyl (C=O) groups excluding carboxylic acids is 2. The first kappa shape index (κ1) is 31.2. The van der Waals surface area contributed by atoms with Crippen molar-refractivity contribution in [3.63, 3.8) is 0 Å². The Kier molecular flexibility index (Phi) is 11.2. The Morgan fingerprint density at radius 3 is 2.30 bits per heavy atom. The predicted octanol–water partition coefficient (Wildman–Crippen LogP) is 5.28. The van der Waals surface area contributed by atoms with Crippen molar-refractivity contribution in [2.24, 2.45) is 0 Å². The van der Waals surface area contributed by atoms with E-state index in [0.29, 0.717) is 23.7 Å². The Bertz CT molecular complexity index is 1410. The summed E-state index contributed by atoms with van der Waals surface area (Å²) in [5.41, 5.74) is 4.04. The molecule has 7 nitrogen and oxygen atoms in total. The summed E-state index contributed by atoms with van der Waals surface area (Å²) >= 11 is 6.46. The number of halogens is 1. The molecule has 0 aliphatic rings. The lowest BCUT2D eigenvalue weighted by atomic mass is 10.0. The Labute approximate surface area is 243 Å². The van der Waals surface area contributed by atoms with Gasteiger partial charge in [-0.3, -0.25) is 13.9 Å². The number of nitrogens with one attached hydrogen (secondary N) is 1. The lowest BCUT2D eigenvalue weighted by molar-refractivity contribution is -0.141. The van der Waals surface area contributed by atoms with E-state index in [-0.39, 0.29) is 37.7 Å². The van der Waals surface area contributed by atoms with Crippen LogP contribution in [0.15, 0.2) is 72.8 Å². The van der Waals surface area contributed by atoms with Gasteiger partial charge in [0.15, 0.2) is 0 Å². The van der Waals surface area contributed by atoms with Crippen molar-refractivity contribution in [3.05, 3.63) is 100 Å². The third-order valence-electron chi connectivity index (χ3n) is 6.71. The van der Waals surface area contributed by atoms with Crippen molar-refractivity contribution in [3.8, 4) is 0 Å². The van der Waals surface area contributed by atoms with E-state index in [9.17, 15) is 18.0 Å². The largest absolute Gasteiger partial charge is 0.355 e. The second-order valence-corrected chi connectivity index (χ2v) is 12.3. The first-order valence-corrected chi connectivity index (χ1v) is 15.6. The fourth-order valence-electron chi connectivity index (χ4n) is 4.63. The molecule has 0 heterocycles. The summed E-state index contributed by atoms with van der Waals surface area (Å²) in [6.45, 7) is 6.33. The average molecular weight is 584 g/mol. The van der Waals surface area contributed by atoms with Crippen LogP contribution in [0.4, 0.5) is 5.69 Å². The molecule has 0 radical (unpaired) electrons. The molecule has 0 unspecified atom stereocenters. The number of hydrogen-bond donors (Lipinski definition) is 1. The van der Waals surface area contributed by atoms with Gasteiger partial charge >= 0.3 is 0 Å². The number of benzene rings is 3. The monoisotopic (exact) mass is 583 g/mol. The lowest BCUT2D eigenvalue weighted by Gasteiger charge is -2.32. The zero-order valence-electron chi connectivity index (χ0n) is 23.6. The van der Waals surface area contributed by atoms with Crippen LogP contribution in [0.5, 0.6) is 0 Å². The lowest BCUT2D eigenvalue weighted by Crippen LogP contribution is -2.50. The van der Waals surface area contributed by atoms with E-state index in [1.54, 1.807) is 11.0 Å². The highest BCUT2D eigenvalue weighted by atomic mass is 35.5. The second kappa shape index (κ2) is 14.3. The van der Waals surface area contributed by atoms with Gasteiger partial charge in [0.05, 0.1) is 11.9 Å². The van der Waals surface area contributed by atoms with Crippen LogP contribution in [0, 0.1) is 13.8 Å². The molecule has 3 aromatic carbocycles. The average Bonchev–Trinajstić information content (AvgIpc) is 2.91. The maximum absolute atomic E-state index is 13.8. The Morgan fingerprint density at radius 1 is 0.975 bits per heavy atom. The zero-order chi connectivity index (χ0) is 29.3. The molecule has 1 atom stereocenters. The summed E-state index contributed by atoms with van der Waals surface area (Å²) < 4.78 is 26.8. The Morgan fingerprint density at radius 2 is 1.65 bits per heavy atom. The van der Waals surface area contributed by atoms with Crippen molar-refractivity contribution in [1.82, 2.24) is 10.2 Å². The summed E-state index contributed by atoms with van der Waals surface area (Å²) in [6, 6.07) is 21.7. The van der Waals surface area contributed by atoms with Crippen molar-refractivity contribution in [1.29, 1.82) is 0 Å². The molecule has 2 amide bonds. The quantitative estimate of drug-likeness (QED) is 0.297. The molecule has 1 N–H and O–H groups in total. The number of rotatable bonds is 13. The number of anilines is 1. The van der Waals surface area contributed by atoms with E-state index in [1.165, 1.54) is 10.6 Å². The minimum Gasteiger partial charge on any atom is -0.355 e. The summed E-state index contributed by atoms with van der Waals surface area (Å²) in [7, 11) is -3.58. The Balaban J connectivity index is 1.89. The molecular weight excluding hydrogens is 546 g/mol. The van der Waals surface area contributed by atoms with Crippen molar-refractivity contribution in [2.75, 3.05) is 23.7 Å². The van der Waals surface area contributed by atoms with Crippen molar-refractivity contribution < 1.29 is 18.0 Å². The molecular formula is C31H38ClN3O4S. The van der Waals surface area contributed by atoms with Gasteiger partial charge in [-0.25, -0.2) is 8.42 Å². The minimum atomic E-state index is -3.58. The van der Waals surface area contributed by atoms with E-state index in [1.807, 2.05) is 87.5 Å². The van der Waals surface area contributed by atoms with Crippen LogP contribution in [-0.4, -0.2) is 50.5 Å². The third-order valence-corrected chi connectivity index (χ3v) is 8.25. The number of amides is 2. The topological polar surface area (TPSA) is 86.8 Å². The van der Waals surface area contributed by atoms with Gasteiger partial charge in [0, 0.05) is 37.5 Å². The fourth-order valence-corrected chi connectivity index (χ4v) is 5.84. The zero-order valence-corrected chi connectivity index (χ0v) is 25.1. The number of sulfonamides is 1. The third kappa shape index (κ3) is 8.57. The van der Waals surface area contributed by atoms with Crippen molar-refractivity contribution in [2.45, 2.75) is 52.6 Å². The van der Waals surface area contributed by atoms with Gasteiger partial charge in [-0.2, -0.15) is 0 Å². The van der Waals surface area contributed by atoms with Gasteiger partial charge in [0.25, 0.3) is 0 Å². The number of nitrogens with zero attached hydrogens (tertiary/aromatic N) is 2. The van der Waals surface area contributed by atoms with E-state index in [2.05, 4.69) is 5.32 Å². The van der Waals surface area contributed by atoms with Crippen LogP contribution in [0.25, 0.3) is 0 Å². The van der Waals surface area contributed by atoms with Crippen molar-refractivity contribution >= 4 is 39.1 Å². The summed E-state index contributed by atoms with van der Waals surface area (Å²) in [4.78, 5) is 28.7. The van der Waals surface area contributed by atoms with Crippen LogP contribution < -0.4 is 9.62 Å². The van der Waals surface area contributed by atoms with Crippen LogP contribution >= 0.6 is 11.6 Å². The van der Waals surface area contributed by atoms with Crippen LogP contribution in [0.1, 0.15) is 42.0 Å². The second-order valence-electron chi connectivity index (χ2n) is 9.94. The molecule has 0 aliphatic heterocycles. The number of carbonyl (C=O) groups is 2. The molecule has 214 valence electrons. The molecule has 0 saturated carbocycles. The molecule has 0 bridgehead atoms. The maximum atomic E-state index is 13.8. The number of aryl methyl sites for hydroxylation is 2. The van der Waals surface area contributed by atoms with Gasteiger partial charge in [-0.05, 0) is 61.6 Å². The van der Waals surface area contributed by atoms with E-state index < -0.39 is 16.1 Å². The van der Waals surface area contributed by atoms with E-state index in [0.717, 1.165) is 22.3 Å². The predicted molar refractivity (Wildman–Crippen MR) is 162 cm³/mol. The van der Waals surface area contributed by atoms with E-state index >= 15 is 0 Å². The molecule has 40 heavy (non-hydrogen) atoms. The smallest absolute Gasteiger partial charge is 0.243 e. The van der Waals surface area contributed by atoms with Crippen LogP contribution in [0.2, 0.25) is 5.02 Å². The van der Waals surface area contributed by atoms with Crippen LogP contribution in [0.3, 0.4) is 0 Å². The van der Waals surface area contributed by atoms with Crippen LogP contribution in [-0.2, 0) is 32.6 Å². The normalized spacial score (nSPS) is 12.0. The molecule has 9 heteroatoms. The molecule has 0 fully saturated rings. The molecule has 0 saturated heterocycles. The highest BCUT2D eigenvalue weighted by Gasteiger charge is 2.30. The van der Waals surface area contributed by atoms with Gasteiger partial charge in [-0.15, -0.1) is 0 Å². The van der Waals surface area contributed by atoms with Gasteiger partial charge in [0.2, 0.25) is 21.8 Å². The van der Waals surface area contributed by atoms with Gasteiger partial charge < -0.3 is 10.2 Å². The molecule has 0 spiro atoms. The van der Waals surface area contributed by atoms with Gasteiger partial charge in [-0.1, -0.05) is 72.3 Å². The highest BCUT2D eigenvalue weighted by molar-refractivity contribution is 7.92. The molecule has 3 rings (SSSR count). The maximum Gasteiger partial charge on any atom is 0.243 e. The van der Waals surface area contributed by atoms with E-state index in [4.69, 9.17) is 11.6 Å². The fraction of sp³-hybridized carbons (Fsp3) is 0.355. The number of hydrogen-bond acceptors (Lipinski definition) is 4. The molecule has 3 aromatic rings. The molecule has 0 aliphatic carbocycles.